The van der Waals surface area contributed by atoms with Crippen molar-refractivity contribution in [1.82, 2.24) is 25.0 Å². The first kappa shape index (κ1) is 22.7. The average Bonchev–Trinajstić information content (AvgIpc) is 3.67. The Labute approximate surface area is 201 Å². The van der Waals surface area contributed by atoms with Gasteiger partial charge in [-0.25, -0.2) is 9.67 Å². The lowest BCUT2D eigenvalue weighted by Crippen LogP contribution is -2.33. The van der Waals surface area contributed by atoms with Crippen LogP contribution in [0, 0.1) is 0 Å². The van der Waals surface area contributed by atoms with Gasteiger partial charge in [-0.3, -0.25) is 0 Å². The lowest BCUT2D eigenvalue weighted by molar-refractivity contribution is -0.188. The van der Waals surface area contributed by atoms with E-state index in [1.54, 1.807) is 22.3 Å². The summed E-state index contributed by atoms with van der Waals surface area (Å²) in [6.07, 6.45) is 7.14. The van der Waals surface area contributed by atoms with Crippen LogP contribution in [-0.2, 0) is 28.2 Å². The molecule has 5 rings (SSSR count). The van der Waals surface area contributed by atoms with Crippen molar-refractivity contribution in [3.63, 3.8) is 0 Å². The van der Waals surface area contributed by atoms with Crippen molar-refractivity contribution in [1.29, 1.82) is 0 Å². The maximum Gasteiger partial charge on any atom is 0.247 e. The molecule has 178 valence electrons. The molecule has 34 heavy (non-hydrogen) atoms. The van der Waals surface area contributed by atoms with Crippen molar-refractivity contribution in [2.24, 2.45) is 0 Å². The second-order valence-electron chi connectivity index (χ2n) is 8.17. The molecule has 0 saturated carbocycles. The molecule has 4 aromatic rings. The number of unbranched alkanes of at least 4 members (excludes halogenated alkanes) is 2. The van der Waals surface area contributed by atoms with Crippen LogP contribution < -0.4 is 4.74 Å². The predicted octanol–water partition coefficient (Wildman–Crippen LogP) is 4.47. The third kappa shape index (κ3) is 5.19. The molecule has 1 aliphatic rings. The van der Waals surface area contributed by atoms with Crippen LogP contribution in [0.4, 0.5) is 0 Å². The van der Waals surface area contributed by atoms with Crippen LogP contribution in [-0.4, -0.2) is 44.3 Å². The van der Waals surface area contributed by atoms with Crippen molar-refractivity contribution in [2.75, 3.05) is 13.2 Å². The molecular weight excluding hydrogens is 454 g/mol. The molecule has 1 saturated heterocycles. The highest BCUT2D eigenvalue weighted by Crippen LogP contribution is 2.38. The van der Waals surface area contributed by atoms with Crippen LogP contribution >= 0.6 is 11.3 Å². The largest absolute Gasteiger partial charge is 0.491 e. The standard InChI is InChI=1S/C24H27N5O4S/c1-2-3-4-7-22-27-28-23(32-22)18-8-10-19(11-9-18)30-13-20-14-31-24(33-20,21-6-5-12-34-21)15-29-17-25-16-26-29/h5-6,8-12,16-17,20H,2-4,7,13-15H2,1H3. The number of aromatic nitrogens is 5. The molecule has 9 nitrogen and oxygen atoms in total. The summed E-state index contributed by atoms with van der Waals surface area (Å²) in [5.74, 6) is 1.05. The zero-order chi connectivity index (χ0) is 23.2. The van der Waals surface area contributed by atoms with Crippen molar-refractivity contribution in [3.05, 3.63) is 65.2 Å². The van der Waals surface area contributed by atoms with Gasteiger partial charge in [-0.05, 0) is 42.1 Å². The molecule has 0 N–H and O–H groups in total. The number of hydrogen-bond donors (Lipinski definition) is 0. The number of benzene rings is 1. The molecule has 1 aliphatic heterocycles. The SMILES string of the molecule is CCCCCc1nnc(-c2ccc(OCC3COC(Cn4cncn4)(c4cccs4)O3)cc2)o1. The fourth-order valence-corrected chi connectivity index (χ4v) is 4.65. The highest BCUT2D eigenvalue weighted by atomic mass is 32.1. The Kier molecular flexibility index (Phi) is 6.98. The van der Waals surface area contributed by atoms with Crippen LogP contribution in [0.3, 0.4) is 0 Å². The number of thiophene rings is 1. The third-order valence-corrected chi connectivity index (χ3v) is 6.59. The number of aryl methyl sites for hydroxylation is 1. The normalized spacial score (nSPS) is 20.1. The third-order valence-electron chi connectivity index (χ3n) is 5.59. The molecule has 0 bridgehead atoms. The topological polar surface area (TPSA) is 97.3 Å². The summed E-state index contributed by atoms with van der Waals surface area (Å²) in [4.78, 5) is 5.01. The summed E-state index contributed by atoms with van der Waals surface area (Å²) < 4.78 is 26.0. The van der Waals surface area contributed by atoms with Gasteiger partial charge in [0.15, 0.2) is 0 Å². The van der Waals surface area contributed by atoms with E-state index in [0.29, 0.717) is 31.5 Å². The van der Waals surface area contributed by atoms with E-state index in [1.807, 2.05) is 41.8 Å². The molecule has 10 heteroatoms. The zero-order valence-electron chi connectivity index (χ0n) is 19.0. The average molecular weight is 482 g/mol. The van der Waals surface area contributed by atoms with Gasteiger partial charge in [-0.2, -0.15) is 5.10 Å². The minimum absolute atomic E-state index is 0.216. The smallest absolute Gasteiger partial charge is 0.247 e. The van der Waals surface area contributed by atoms with Crippen LogP contribution in [0.1, 0.15) is 37.0 Å². The first-order valence-electron chi connectivity index (χ1n) is 11.5. The van der Waals surface area contributed by atoms with Crippen molar-refractivity contribution >= 4 is 11.3 Å². The summed E-state index contributed by atoms with van der Waals surface area (Å²) in [6, 6.07) is 11.6. The van der Waals surface area contributed by atoms with Gasteiger partial charge in [0.1, 0.15) is 37.7 Å². The van der Waals surface area contributed by atoms with E-state index in [1.165, 1.54) is 6.33 Å². The van der Waals surface area contributed by atoms with Crippen molar-refractivity contribution < 1.29 is 18.6 Å². The highest BCUT2D eigenvalue weighted by molar-refractivity contribution is 7.10. The quantitative estimate of drug-likeness (QED) is 0.290. The van der Waals surface area contributed by atoms with E-state index in [0.717, 1.165) is 41.9 Å². The van der Waals surface area contributed by atoms with E-state index in [9.17, 15) is 0 Å². The molecule has 0 radical (unpaired) electrons. The van der Waals surface area contributed by atoms with E-state index in [-0.39, 0.29) is 6.10 Å². The van der Waals surface area contributed by atoms with Gasteiger partial charge in [0.25, 0.3) is 0 Å². The van der Waals surface area contributed by atoms with Gasteiger partial charge in [0.05, 0.1) is 11.5 Å². The summed E-state index contributed by atoms with van der Waals surface area (Å²) in [6.45, 7) is 3.39. The second kappa shape index (κ2) is 10.5. The summed E-state index contributed by atoms with van der Waals surface area (Å²) >= 11 is 1.59. The monoisotopic (exact) mass is 481 g/mol. The molecule has 2 atom stereocenters. The van der Waals surface area contributed by atoms with E-state index >= 15 is 0 Å². The van der Waals surface area contributed by atoms with E-state index in [2.05, 4.69) is 27.2 Å². The molecule has 0 amide bonds. The molecule has 0 spiro atoms. The Balaban J connectivity index is 1.18. The first-order valence-corrected chi connectivity index (χ1v) is 12.4. The highest BCUT2D eigenvalue weighted by Gasteiger charge is 2.45. The number of nitrogens with zero attached hydrogens (tertiary/aromatic N) is 5. The maximum absolute atomic E-state index is 6.37. The Hall–Kier alpha value is -3.08. The minimum atomic E-state index is -0.896. The molecule has 2 unspecified atom stereocenters. The molecule has 1 aromatic carbocycles. The molecule has 4 heterocycles. The van der Waals surface area contributed by atoms with Crippen LogP contribution in [0.2, 0.25) is 0 Å². The van der Waals surface area contributed by atoms with E-state index in [4.69, 9.17) is 18.6 Å². The van der Waals surface area contributed by atoms with Crippen molar-refractivity contribution in [3.8, 4) is 17.2 Å². The van der Waals surface area contributed by atoms with Gasteiger partial charge in [0.2, 0.25) is 17.6 Å². The first-order chi connectivity index (χ1) is 16.7. The second-order valence-corrected chi connectivity index (χ2v) is 9.12. The lowest BCUT2D eigenvalue weighted by Gasteiger charge is -2.26. The van der Waals surface area contributed by atoms with Crippen LogP contribution in [0.5, 0.6) is 5.75 Å². The Bertz CT molecular complexity index is 1150. The molecule has 0 aliphatic carbocycles. The molecule has 1 fully saturated rings. The summed E-state index contributed by atoms with van der Waals surface area (Å²) in [5, 5.41) is 14.5. The van der Waals surface area contributed by atoms with Gasteiger partial charge >= 0.3 is 0 Å². The number of ether oxygens (including phenoxy) is 3. The predicted molar refractivity (Wildman–Crippen MR) is 125 cm³/mol. The van der Waals surface area contributed by atoms with Crippen LogP contribution in [0.15, 0.2) is 58.9 Å². The van der Waals surface area contributed by atoms with Crippen molar-refractivity contribution in [2.45, 2.75) is 51.0 Å². The Morgan fingerprint density at radius 3 is 2.85 bits per heavy atom. The molecular formula is C24H27N5O4S. The fraction of sp³-hybridized carbons (Fsp3) is 0.417. The fourth-order valence-electron chi connectivity index (χ4n) is 3.84. The summed E-state index contributed by atoms with van der Waals surface area (Å²) in [5.41, 5.74) is 0.867. The minimum Gasteiger partial charge on any atom is -0.491 e. The zero-order valence-corrected chi connectivity index (χ0v) is 19.8. The van der Waals surface area contributed by atoms with Crippen LogP contribution in [0.25, 0.3) is 11.5 Å². The summed E-state index contributed by atoms with van der Waals surface area (Å²) in [7, 11) is 0. The number of hydrogen-bond acceptors (Lipinski definition) is 9. The lowest BCUT2D eigenvalue weighted by atomic mass is 10.2. The van der Waals surface area contributed by atoms with Gasteiger partial charge in [0, 0.05) is 12.0 Å². The Morgan fingerprint density at radius 2 is 2.09 bits per heavy atom. The molecule has 3 aromatic heterocycles. The van der Waals surface area contributed by atoms with Gasteiger partial charge in [-0.1, -0.05) is 25.8 Å². The Morgan fingerprint density at radius 1 is 1.18 bits per heavy atom. The van der Waals surface area contributed by atoms with E-state index < -0.39 is 5.79 Å². The van der Waals surface area contributed by atoms with Gasteiger partial charge in [-0.15, -0.1) is 21.5 Å². The maximum atomic E-state index is 6.37. The number of rotatable bonds is 11. The van der Waals surface area contributed by atoms with Gasteiger partial charge < -0.3 is 18.6 Å².